The number of aryl methyl sites for hydroxylation is 1. The normalized spacial score (nSPS) is 11.2. The summed E-state index contributed by atoms with van der Waals surface area (Å²) in [6.07, 6.45) is 5.26. The highest BCUT2D eigenvalue weighted by Crippen LogP contribution is 2.13. The Kier molecular flexibility index (Phi) is 2.67. The van der Waals surface area contributed by atoms with Crippen LogP contribution in [0.1, 0.15) is 12.7 Å². The lowest BCUT2D eigenvalue weighted by atomic mass is 10.4. The van der Waals surface area contributed by atoms with Crippen molar-refractivity contribution >= 4 is 23.3 Å². The van der Waals surface area contributed by atoms with Crippen molar-refractivity contribution in [1.82, 2.24) is 29.3 Å². The summed E-state index contributed by atoms with van der Waals surface area (Å²) in [6.45, 7) is 3.52. The molecule has 1 N–H and O–H groups in total. The first-order valence-corrected chi connectivity index (χ1v) is 6.09. The quantitative estimate of drug-likeness (QED) is 0.729. The van der Waals surface area contributed by atoms with Crippen LogP contribution in [0, 0.1) is 4.77 Å². The fourth-order valence-electron chi connectivity index (χ4n) is 1.97. The van der Waals surface area contributed by atoms with Gasteiger partial charge in [0.2, 0.25) is 0 Å². The molecule has 0 aliphatic rings. The average molecular weight is 260 g/mol. The van der Waals surface area contributed by atoms with Crippen molar-refractivity contribution in [3.8, 4) is 0 Å². The Bertz CT molecular complexity index is 737. The first-order chi connectivity index (χ1) is 8.79. The smallest absolute Gasteiger partial charge is 0.178 e. The van der Waals surface area contributed by atoms with E-state index in [-0.39, 0.29) is 0 Å². The minimum absolute atomic E-state index is 0.608. The Morgan fingerprint density at radius 3 is 3.17 bits per heavy atom. The van der Waals surface area contributed by atoms with E-state index >= 15 is 0 Å². The molecule has 0 radical (unpaired) electrons. The van der Waals surface area contributed by atoms with Gasteiger partial charge in [0.15, 0.2) is 10.6 Å². The molecule has 3 rings (SSSR count). The topological polar surface area (TPSA) is 64.3 Å². The van der Waals surface area contributed by atoms with Gasteiger partial charge in [-0.2, -0.15) is 0 Å². The van der Waals surface area contributed by atoms with Crippen LogP contribution >= 0.6 is 12.2 Å². The fraction of sp³-hybridized carbons (Fsp3) is 0.273. The lowest BCUT2D eigenvalue weighted by Gasteiger charge is -2.05. The van der Waals surface area contributed by atoms with Crippen LogP contribution in [0.15, 0.2) is 24.8 Å². The van der Waals surface area contributed by atoms with Crippen molar-refractivity contribution < 1.29 is 0 Å². The van der Waals surface area contributed by atoms with Crippen molar-refractivity contribution in [1.29, 1.82) is 0 Å². The molecular weight excluding hydrogens is 248 g/mol. The van der Waals surface area contributed by atoms with Gasteiger partial charge in [-0.1, -0.05) is 0 Å². The predicted octanol–water partition coefficient (Wildman–Crippen LogP) is 1.75. The van der Waals surface area contributed by atoms with Crippen molar-refractivity contribution in [2.75, 3.05) is 0 Å². The summed E-state index contributed by atoms with van der Waals surface area (Å²) >= 11 is 5.33. The molecule has 0 aliphatic carbocycles. The number of imidazole rings is 1. The van der Waals surface area contributed by atoms with E-state index in [9.17, 15) is 0 Å². The van der Waals surface area contributed by atoms with Gasteiger partial charge in [0.05, 0.1) is 23.8 Å². The van der Waals surface area contributed by atoms with Gasteiger partial charge in [-0.25, -0.2) is 0 Å². The molecule has 0 saturated heterocycles. The molecular formula is C11H12N6S. The van der Waals surface area contributed by atoms with Gasteiger partial charge >= 0.3 is 0 Å². The number of H-pyrrole nitrogens is 1. The first-order valence-electron chi connectivity index (χ1n) is 5.69. The summed E-state index contributed by atoms with van der Waals surface area (Å²) in [5.74, 6) is 0.895. The van der Waals surface area contributed by atoms with Gasteiger partial charge in [0.1, 0.15) is 6.33 Å². The Labute approximate surface area is 108 Å². The molecule has 0 saturated carbocycles. The van der Waals surface area contributed by atoms with E-state index < -0.39 is 0 Å². The summed E-state index contributed by atoms with van der Waals surface area (Å²) in [5.41, 5.74) is 1.96. The third kappa shape index (κ3) is 1.72. The van der Waals surface area contributed by atoms with E-state index in [4.69, 9.17) is 12.2 Å². The lowest BCUT2D eigenvalue weighted by molar-refractivity contribution is 0.655. The van der Waals surface area contributed by atoms with Crippen LogP contribution in [0.2, 0.25) is 0 Å². The number of hydrogen-bond acceptors (Lipinski definition) is 4. The average Bonchev–Trinajstić information content (AvgIpc) is 2.95. The molecule has 0 aromatic carbocycles. The Morgan fingerprint density at radius 2 is 2.33 bits per heavy atom. The van der Waals surface area contributed by atoms with E-state index in [1.165, 1.54) is 0 Å². The van der Waals surface area contributed by atoms with Crippen molar-refractivity contribution in [3.63, 3.8) is 0 Å². The third-order valence-electron chi connectivity index (χ3n) is 2.91. The molecule has 3 aromatic rings. The molecule has 3 aromatic heterocycles. The Balaban J connectivity index is 2.10. The van der Waals surface area contributed by atoms with Crippen LogP contribution in [0.25, 0.3) is 11.0 Å². The second-order valence-corrected chi connectivity index (χ2v) is 4.33. The first kappa shape index (κ1) is 11.1. The van der Waals surface area contributed by atoms with Crippen molar-refractivity contribution in [2.45, 2.75) is 20.0 Å². The Morgan fingerprint density at radius 1 is 1.44 bits per heavy atom. The van der Waals surface area contributed by atoms with Gasteiger partial charge < -0.3 is 14.1 Å². The van der Waals surface area contributed by atoms with Crippen LogP contribution in [-0.4, -0.2) is 29.3 Å². The summed E-state index contributed by atoms with van der Waals surface area (Å²) in [6, 6.07) is 1.94. The highest BCUT2D eigenvalue weighted by Gasteiger charge is 2.08. The molecule has 6 nitrogen and oxygen atoms in total. The van der Waals surface area contributed by atoms with Crippen molar-refractivity contribution in [2.24, 2.45) is 0 Å². The van der Waals surface area contributed by atoms with Gasteiger partial charge in [0.25, 0.3) is 0 Å². The van der Waals surface area contributed by atoms with Gasteiger partial charge in [-0.15, -0.1) is 10.2 Å². The highest BCUT2D eigenvalue weighted by molar-refractivity contribution is 7.71. The predicted molar refractivity (Wildman–Crippen MR) is 69.7 cm³/mol. The van der Waals surface area contributed by atoms with Crippen LogP contribution in [0.4, 0.5) is 0 Å². The summed E-state index contributed by atoms with van der Waals surface area (Å²) in [7, 11) is 0. The molecule has 0 aliphatic heterocycles. The van der Waals surface area contributed by atoms with Gasteiger partial charge in [0, 0.05) is 12.7 Å². The number of nitrogens with zero attached hydrogens (tertiary/aromatic N) is 5. The molecule has 0 bridgehead atoms. The summed E-state index contributed by atoms with van der Waals surface area (Å²) in [4.78, 5) is 7.21. The lowest BCUT2D eigenvalue weighted by Crippen LogP contribution is -2.07. The van der Waals surface area contributed by atoms with Crippen LogP contribution < -0.4 is 0 Å². The highest BCUT2D eigenvalue weighted by atomic mass is 32.1. The monoisotopic (exact) mass is 260 g/mol. The molecule has 0 spiro atoms. The molecule has 7 heteroatoms. The van der Waals surface area contributed by atoms with E-state index in [0.717, 1.165) is 23.4 Å². The molecule has 92 valence electrons. The zero-order valence-electron chi connectivity index (χ0n) is 9.87. The SMILES string of the molecule is CCn1cnnc1Cn1c(=S)[nH]c2cnccc21. The van der Waals surface area contributed by atoms with Crippen molar-refractivity contribution in [3.05, 3.63) is 35.4 Å². The maximum absolute atomic E-state index is 5.33. The number of pyridine rings is 1. The second kappa shape index (κ2) is 4.34. The largest absolute Gasteiger partial charge is 0.329 e. The Hall–Kier alpha value is -2.02. The fourth-order valence-corrected chi connectivity index (χ4v) is 2.25. The summed E-state index contributed by atoms with van der Waals surface area (Å²) in [5, 5.41) is 8.05. The van der Waals surface area contributed by atoms with E-state index in [0.29, 0.717) is 11.3 Å². The van der Waals surface area contributed by atoms with Gasteiger partial charge in [-0.3, -0.25) is 4.98 Å². The van der Waals surface area contributed by atoms with E-state index in [2.05, 4.69) is 27.1 Å². The number of aromatic amines is 1. The maximum Gasteiger partial charge on any atom is 0.178 e. The minimum Gasteiger partial charge on any atom is -0.329 e. The minimum atomic E-state index is 0.608. The maximum atomic E-state index is 5.33. The van der Waals surface area contributed by atoms with E-state index in [1.54, 1.807) is 18.7 Å². The number of rotatable bonds is 3. The number of nitrogens with one attached hydrogen (secondary N) is 1. The standard InChI is InChI=1S/C11H12N6S/c1-2-16-7-13-15-10(16)6-17-9-3-4-12-5-8(9)14-11(17)18/h3-5,7H,2,6H2,1H3,(H,14,18). The second-order valence-electron chi connectivity index (χ2n) is 3.94. The molecule has 3 heterocycles. The molecule has 0 atom stereocenters. The molecule has 0 amide bonds. The van der Waals surface area contributed by atoms with Crippen LogP contribution in [0.3, 0.4) is 0 Å². The molecule has 0 unspecified atom stereocenters. The molecule has 18 heavy (non-hydrogen) atoms. The number of hydrogen-bond donors (Lipinski definition) is 1. The number of fused-ring (bicyclic) bond motifs is 1. The summed E-state index contributed by atoms with van der Waals surface area (Å²) < 4.78 is 4.67. The van der Waals surface area contributed by atoms with Crippen LogP contribution in [0.5, 0.6) is 0 Å². The molecule has 0 fully saturated rings. The zero-order valence-corrected chi connectivity index (χ0v) is 10.7. The van der Waals surface area contributed by atoms with E-state index in [1.807, 2.05) is 15.2 Å². The van der Waals surface area contributed by atoms with Crippen LogP contribution in [-0.2, 0) is 13.1 Å². The van der Waals surface area contributed by atoms with Gasteiger partial charge in [-0.05, 0) is 25.2 Å². The number of aromatic nitrogens is 6. The zero-order chi connectivity index (χ0) is 12.5. The third-order valence-corrected chi connectivity index (χ3v) is 3.23.